The summed E-state index contributed by atoms with van der Waals surface area (Å²) in [4.78, 5) is 12.7. The standard InChI is InChI=1S/C14H18ClNO2S/c15-11-3-1-2-4-12(11)19-8-5-13(18)16-9-14(10-17)6-7-14/h1-4,17H,5-10H2,(H,16,18). The van der Waals surface area contributed by atoms with Crippen molar-refractivity contribution in [2.45, 2.75) is 24.2 Å². The maximum Gasteiger partial charge on any atom is 0.220 e. The first kappa shape index (κ1) is 14.7. The number of hydrogen-bond acceptors (Lipinski definition) is 3. The fourth-order valence-corrected chi connectivity index (χ4v) is 2.95. The summed E-state index contributed by atoms with van der Waals surface area (Å²) >= 11 is 7.63. The molecule has 1 aromatic rings. The number of carbonyl (C=O) groups excluding carboxylic acids is 1. The van der Waals surface area contributed by atoms with Crippen LogP contribution in [0.1, 0.15) is 19.3 Å². The van der Waals surface area contributed by atoms with E-state index in [1.165, 1.54) is 0 Å². The molecule has 19 heavy (non-hydrogen) atoms. The number of thioether (sulfide) groups is 1. The zero-order chi connectivity index (χ0) is 13.7. The van der Waals surface area contributed by atoms with Gasteiger partial charge in [0.2, 0.25) is 5.91 Å². The normalized spacial score (nSPS) is 16.1. The summed E-state index contributed by atoms with van der Waals surface area (Å²) in [6, 6.07) is 7.63. The molecule has 3 nitrogen and oxygen atoms in total. The largest absolute Gasteiger partial charge is 0.396 e. The van der Waals surface area contributed by atoms with E-state index in [2.05, 4.69) is 5.32 Å². The fourth-order valence-electron chi connectivity index (χ4n) is 1.76. The predicted molar refractivity (Wildman–Crippen MR) is 78.6 cm³/mol. The van der Waals surface area contributed by atoms with Gasteiger partial charge in [0.25, 0.3) is 0 Å². The third kappa shape index (κ3) is 4.41. The van der Waals surface area contributed by atoms with Crippen LogP contribution in [-0.4, -0.2) is 29.9 Å². The van der Waals surface area contributed by atoms with E-state index in [1.807, 2.05) is 24.3 Å². The molecule has 0 aromatic heterocycles. The molecule has 0 radical (unpaired) electrons. The summed E-state index contributed by atoms with van der Waals surface area (Å²) in [6.07, 6.45) is 2.49. The Kier molecular flexibility index (Phi) is 5.13. The molecule has 1 aliphatic rings. The highest BCUT2D eigenvalue weighted by molar-refractivity contribution is 7.99. The van der Waals surface area contributed by atoms with Gasteiger partial charge in [0.1, 0.15) is 0 Å². The van der Waals surface area contributed by atoms with Crippen molar-refractivity contribution in [3.8, 4) is 0 Å². The van der Waals surface area contributed by atoms with Crippen molar-refractivity contribution < 1.29 is 9.90 Å². The van der Waals surface area contributed by atoms with Gasteiger partial charge in [0.15, 0.2) is 0 Å². The van der Waals surface area contributed by atoms with Crippen LogP contribution in [0.5, 0.6) is 0 Å². The van der Waals surface area contributed by atoms with Gasteiger partial charge in [-0.1, -0.05) is 23.7 Å². The number of nitrogens with one attached hydrogen (secondary N) is 1. The molecular weight excluding hydrogens is 282 g/mol. The van der Waals surface area contributed by atoms with E-state index in [9.17, 15) is 4.79 Å². The minimum Gasteiger partial charge on any atom is -0.396 e. The average Bonchev–Trinajstić information content (AvgIpc) is 3.19. The molecule has 1 aliphatic carbocycles. The molecule has 1 fully saturated rings. The Hall–Kier alpha value is -0.710. The second-order valence-corrected chi connectivity index (χ2v) is 6.51. The second kappa shape index (κ2) is 6.64. The molecule has 0 spiro atoms. The molecule has 2 rings (SSSR count). The molecule has 0 saturated heterocycles. The number of benzene rings is 1. The Bertz CT molecular complexity index is 449. The summed E-state index contributed by atoms with van der Waals surface area (Å²) in [5, 5.41) is 12.8. The summed E-state index contributed by atoms with van der Waals surface area (Å²) in [5.74, 6) is 0.751. The molecule has 1 saturated carbocycles. The molecule has 1 aromatic carbocycles. The minimum atomic E-state index is -0.0223. The first-order chi connectivity index (χ1) is 9.15. The van der Waals surface area contributed by atoms with Gasteiger partial charge in [0.05, 0.1) is 11.6 Å². The summed E-state index contributed by atoms with van der Waals surface area (Å²) in [6.45, 7) is 0.765. The average molecular weight is 300 g/mol. The zero-order valence-electron chi connectivity index (χ0n) is 10.7. The van der Waals surface area contributed by atoms with Crippen molar-refractivity contribution >= 4 is 29.3 Å². The Morgan fingerprint density at radius 2 is 2.16 bits per heavy atom. The van der Waals surface area contributed by atoms with Crippen LogP contribution in [0.15, 0.2) is 29.2 Å². The van der Waals surface area contributed by atoms with Crippen LogP contribution in [0.3, 0.4) is 0 Å². The number of halogens is 1. The van der Waals surface area contributed by atoms with Crippen molar-refractivity contribution in [1.82, 2.24) is 5.32 Å². The molecule has 0 aliphatic heterocycles. The summed E-state index contributed by atoms with van der Waals surface area (Å²) in [5.41, 5.74) is -0.0223. The lowest BCUT2D eigenvalue weighted by atomic mass is 10.1. The van der Waals surface area contributed by atoms with Crippen molar-refractivity contribution in [3.05, 3.63) is 29.3 Å². The number of rotatable bonds is 7. The highest BCUT2D eigenvalue weighted by Crippen LogP contribution is 2.44. The van der Waals surface area contributed by atoms with Gasteiger partial charge in [-0.2, -0.15) is 0 Å². The lowest BCUT2D eigenvalue weighted by molar-refractivity contribution is -0.121. The SMILES string of the molecule is O=C(CCSc1ccccc1Cl)NCC1(CO)CC1. The molecule has 1 amide bonds. The van der Waals surface area contributed by atoms with E-state index in [-0.39, 0.29) is 17.9 Å². The van der Waals surface area contributed by atoms with Crippen LogP contribution < -0.4 is 5.32 Å². The van der Waals surface area contributed by atoms with Crippen LogP contribution in [0.2, 0.25) is 5.02 Å². The topological polar surface area (TPSA) is 49.3 Å². The predicted octanol–water partition coefficient (Wildman–Crippen LogP) is 2.71. The highest BCUT2D eigenvalue weighted by atomic mass is 35.5. The lowest BCUT2D eigenvalue weighted by Gasteiger charge is -2.12. The van der Waals surface area contributed by atoms with Crippen LogP contribution in [-0.2, 0) is 4.79 Å². The van der Waals surface area contributed by atoms with Gasteiger partial charge in [-0.05, 0) is 25.0 Å². The minimum absolute atomic E-state index is 0.0223. The van der Waals surface area contributed by atoms with Gasteiger partial charge in [-0.25, -0.2) is 0 Å². The van der Waals surface area contributed by atoms with Crippen LogP contribution >= 0.6 is 23.4 Å². The molecule has 0 atom stereocenters. The summed E-state index contributed by atoms with van der Waals surface area (Å²) < 4.78 is 0. The lowest BCUT2D eigenvalue weighted by Crippen LogP contribution is -2.31. The molecular formula is C14H18ClNO2S. The molecule has 104 valence electrons. The first-order valence-electron chi connectivity index (χ1n) is 6.40. The van der Waals surface area contributed by atoms with Crippen LogP contribution in [0, 0.1) is 5.41 Å². The second-order valence-electron chi connectivity index (χ2n) is 4.96. The Morgan fingerprint density at radius 3 is 2.79 bits per heavy atom. The molecule has 0 unspecified atom stereocenters. The maximum atomic E-state index is 11.7. The van der Waals surface area contributed by atoms with Gasteiger partial charge >= 0.3 is 0 Å². The molecule has 0 heterocycles. The van der Waals surface area contributed by atoms with Gasteiger partial charge in [-0.3, -0.25) is 4.79 Å². The van der Waals surface area contributed by atoms with Crippen molar-refractivity contribution in [2.75, 3.05) is 18.9 Å². The molecule has 2 N–H and O–H groups in total. The number of aliphatic hydroxyl groups excluding tert-OH is 1. The van der Waals surface area contributed by atoms with E-state index in [1.54, 1.807) is 11.8 Å². The number of amides is 1. The smallest absolute Gasteiger partial charge is 0.220 e. The van der Waals surface area contributed by atoms with Gasteiger partial charge < -0.3 is 10.4 Å². The van der Waals surface area contributed by atoms with Crippen LogP contribution in [0.25, 0.3) is 0 Å². The van der Waals surface area contributed by atoms with Gasteiger partial charge in [0, 0.05) is 29.0 Å². The van der Waals surface area contributed by atoms with E-state index in [0.29, 0.717) is 18.7 Å². The monoisotopic (exact) mass is 299 g/mol. The fraction of sp³-hybridized carbons (Fsp3) is 0.500. The third-order valence-electron chi connectivity index (χ3n) is 3.38. The Morgan fingerprint density at radius 1 is 1.42 bits per heavy atom. The van der Waals surface area contributed by atoms with E-state index in [4.69, 9.17) is 16.7 Å². The van der Waals surface area contributed by atoms with Crippen molar-refractivity contribution in [2.24, 2.45) is 5.41 Å². The number of carbonyl (C=O) groups is 1. The van der Waals surface area contributed by atoms with Crippen molar-refractivity contribution in [3.63, 3.8) is 0 Å². The van der Waals surface area contributed by atoms with Gasteiger partial charge in [-0.15, -0.1) is 11.8 Å². The van der Waals surface area contributed by atoms with E-state index in [0.717, 1.165) is 22.8 Å². The number of aliphatic hydroxyl groups is 1. The van der Waals surface area contributed by atoms with E-state index < -0.39 is 0 Å². The highest BCUT2D eigenvalue weighted by Gasteiger charge is 2.41. The first-order valence-corrected chi connectivity index (χ1v) is 7.76. The van der Waals surface area contributed by atoms with Crippen LogP contribution in [0.4, 0.5) is 0 Å². The van der Waals surface area contributed by atoms with Crippen molar-refractivity contribution in [1.29, 1.82) is 0 Å². The summed E-state index contributed by atoms with van der Waals surface area (Å²) in [7, 11) is 0. The quantitative estimate of drug-likeness (QED) is 0.761. The molecule has 5 heteroatoms. The Labute approximate surface area is 122 Å². The molecule has 0 bridgehead atoms. The third-order valence-corrected chi connectivity index (χ3v) is 4.89. The Balaban J connectivity index is 1.65. The van der Waals surface area contributed by atoms with E-state index >= 15 is 0 Å². The zero-order valence-corrected chi connectivity index (χ0v) is 12.3. The number of hydrogen-bond donors (Lipinski definition) is 2. The maximum absolute atomic E-state index is 11.7.